The van der Waals surface area contributed by atoms with E-state index in [9.17, 15) is 0 Å². The molecular weight excluding hydrogens is 256 g/mol. The second-order valence-corrected chi connectivity index (χ2v) is 7.96. The molecule has 0 radical (unpaired) electrons. The fourth-order valence-electron chi connectivity index (χ4n) is 4.46. The molecule has 124 valence electrons. The maximum absolute atomic E-state index is 3.70. The first-order chi connectivity index (χ1) is 10.2. The molecule has 0 amide bonds. The van der Waals surface area contributed by atoms with E-state index in [4.69, 9.17) is 0 Å². The van der Waals surface area contributed by atoms with Crippen LogP contribution in [0.2, 0.25) is 0 Å². The zero-order valence-electron chi connectivity index (χ0n) is 14.7. The number of nitrogens with zero attached hydrogens (tertiary/aromatic N) is 1. The smallest absolute Gasteiger partial charge is 0.0195 e. The molecule has 2 fully saturated rings. The molecule has 0 spiro atoms. The molecule has 1 aliphatic heterocycles. The first-order valence-corrected chi connectivity index (χ1v) is 9.66. The van der Waals surface area contributed by atoms with Gasteiger partial charge in [-0.15, -0.1) is 0 Å². The van der Waals surface area contributed by atoms with E-state index in [1.165, 1.54) is 77.4 Å². The van der Waals surface area contributed by atoms with Crippen LogP contribution in [0.15, 0.2) is 0 Å². The third kappa shape index (κ3) is 5.90. The number of rotatable bonds is 7. The van der Waals surface area contributed by atoms with Crippen molar-refractivity contribution in [1.29, 1.82) is 0 Å². The summed E-state index contributed by atoms with van der Waals surface area (Å²) >= 11 is 0. The predicted molar refractivity (Wildman–Crippen MR) is 92.7 cm³/mol. The molecule has 3 atom stereocenters. The highest BCUT2D eigenvalue weighted by atomic mass is 15.2. The summed E-state index contributed by atoms with van der Waals surface area (Å²) in [6, 6.07) is 1.62. The minimum Gasteiger partial charge on any atom is -0.313 e. The molecular formula is C19H38N2. The summed E-state index contributed by atoms with van der Waals surface area (Å²) in [7, 11) is 0. The van der Waals surface area contributed by atoms with Crippen LogP contribution < -0.4 is 5.32 Å². The minimum atomic E-state index is 0.762. The van der Waals surface area contributed by atoms with Crippen LogP contribution in [-0.4, -0.2) is 36.6 Å². The molecule has 2 aliphatic rings. The van der Waals surface area contributed by atoms with Gasteiger partial charge in [0, 0.05) is 25.2 Å². The van der Waals surface area contributed by atoms with Gasteiger partial charge in [-0.05, 0) is 50.5 Å². The van der Waals surface area contributed by atoms with Crippen LogP contribution >= 0.6 is 0 Å². The summed E-state index contributed by atoms with van der Waals surface area (Å²) < 4.78 is 0. The maximum Gasteiger partial charge on any atom is 0.0195 e. The summed E-state index contributed by atoms with van der Waals surface area (Å²) in [5.41, 5.74) is 0. The van der Waals surface area contributed by atoms with Crippen LogP contribution in [0.1, 0.15) is 78.6 Å². The third-order valence-corrected chi connectivity index (χ3v) is 5.49. The fourth-order valence-corrected chi connectivity index (χ4v) is 4.46. The van der Waals surface area contributed by atoms with Crippen LogP contribution in [0.3, 0.4) is 0 Å². The van der Waals surface area contributed by atoms with Crippen LogP contribution in [0.4, 0.5) is 0 Å². The molecule has 0 aromatic heterocycles. The van der Waals surface area contributed by atoms with Gasteiger partial charge in [0.15, 0.2) is 0 Å². The highest BCUT2D eigenvalue weighted by molar-refractivity contribution is 4.84. The first kappa shape index (κ1) is 17.3. The lowest BCUT2D eigenvalue weighted by molar-refractivity contribution is 0.145. The van der Waals surface area contributed by atoms with Gasteiger partial charge in [0.2, 0.25) is 0 Å². The zero-order chi connectivity index (χ0) is 15.1. The van der Waals surface area contributed by atoms with Crippen molar-refractivity contribution in [2.24, 2.45) is 11.8 Å². The van der Waals surface area contributed by atoms with Crippen molar-refractivity contribution < 1.29 is 0 Å². The Morgan fingerprint density at radius 1 is 1.05 bits per heavy atom. The third-order valence-electron chi connectivity index (χ3n) is 5.49. The van der Waals surface area contributed by atoms with Crippen LogP contribution in [-0.2, 0) is 0 Å². The van der Waals surface area contributed by atoms with E-state index in [1.807, 2.05) is 0 Å². The Morgan fingerprint density at radius 3 is 2.57 bits per heavy atom. The molecule has 0 aromatic rings. The molecule has 1 saturated carbocycles. The van der Waals surface area contributed by atoms with Gasteiger partial charge >= 0.3 is 0 Å². The number of hydrogen-bond donors (Lipinski definition) is 1. The van der Waals surface area contributed by atoms with Gasteiger partial charge in [-0.3, -0.25) is 4.90 Å². The molecule has 2 nitrogen and oxygen atoms in total. The summed E-state index contributed by atoms with van der Waals surface area (Å²) in [4.78, 5) is 2.85. The Hall–Kier alpha value is -0.0800. The Labute approximate surface area is 133 Å². The zero-order valence-corrected chi connectivity index (χ0v) is 14.7. The van der Waals surface area contributed by atoms with Gasteiger partial charge in [-0.2, -0.15) is 0 Å². The molecule has 1 aliphatic carbocycles. The van der Waals surface area contributed by atoms with Gasteiger partial charge < -0.3 is 5.32 Å². The second kappa shape index (κ2) is 9.15. The van der Waals surface area contributed by atoms with Gasteiger partial charge in [0.1, 0.15) is 0 Å². The lowest BCUT2D eigenvalue weighted by atomic mass is 9.95. The average molecular weight is 295 g/mol. The van der Waals surface area contributed by atoms with Crippen molar-refractivity contribution >= 4 is 0 Å². The van der Waals surface area contributed by atoms with Crippen LogP contribution in [0, 0.1) is 11.8 Å². The summed E-state index contributed by atoms with van der Waals surface area (Å²) in [5.74, 6) is 1.81. The second-order valence-electron chi connectivity index (χ2n) is 7.96. The summed E-state index contributed by atoms with van der Waals surface area (Å²) in [5, 5.41) is 3.70. The Kier molecular flexibility index (Phi) is 7.53. The molecule has 21 heavy (non-hydrogen) atoms. The Balaban J connectivity index is 1.88. The van der Waals surface area contributed by atoms with Crippen molar-refractivity contribution in [1.82, 2.24) is 10.2 Å². The normalized spacial score (nSPS) is 31.0. The van der Waals surface area contributed by atoms with E-state index < -0.39 is 0 Å². The van der Waals surface area contributed by atoms with E-state index >= 15 is 0 Å². The van der Waals surface area contributed by atoms with Crippen molar-refractivity contribution in [3.05, 3.63) is 0 Å². The first-order valence-electron chi connectivity index (χ1n) is 9.66. The Morgan fingerprint density at radius 2 is 1.90 bits per heavy atom. The van der Waals surface area contributed by atoms with Crippen molar-refractivity contribution in [2.45, 2.75) is 90.6 Å². The summed E-state index contributed by atoms with van der Waals surface area (Å²) in [6.07, 6.45) is 12.9. The molecule has 1 saturated heterocycles. The van der Waals surface area contributed by atoms with E-state index in [0.29, 0.717) is 0 Å². The van der Waals surface area contributed by atoms with Gasteiger partial charge in [-0.1, -0.05) is 46.5 Å². The standard InChI is InChI=1S/C19H38N2/c1-4-7-17-8-5-10-19(12-11-17)21(14-16(2)3)15-18-9-6-13-20-18/h16-20H,4-15H2,1-3H3. The molecule has 3 unspecified atom stereocenters. The molecule has 1 N–H and O–H groups in total. The van der Waals surface area contributed by atoms with Crippen molar-refractivity contribution in [3.63, 3.8) is 0 Å². The minimum absolute atomic E-state index is 0.762. The lowest BCUT2D eigenvalue weighted by Crippen LogP contribution is -2.45. The fraction of sp³-hybridized carbons (Fsp3) is 1.00. The lowest BCUT2D eigenvalue weighted by Gasteiger charge is -2.34. The van der Waals surface area contributed by atoms with Gasteiger partial charge in [0.05, 0.1) is 0 Å². The van der Waals surface area contributed by atoms with Gasteiger partial charge in [0.25, 0.3) is 0 Å². The Bertz CT molecular complexity index is 271. The predicted octanol–water partition coefficient (Wildman–Crippen LogP) is 4.45. The highest BCUT2D eigenvalue weighted by Gasteiger charge is 2.26. The number of nitrogens with one attached hydrogen (secondary N) is 1. The molecule has 0 bridgehead atoms. The van der Waals surface area contributed by atoms with E-state index in [-0.39, 0.29) is 0 Å². The molecule has 2 heteroatoms. The van der Waals surface area contributed by atoms with E-state index in [2.05, 4.69) is 31.0 Å². The largest absolute Gasteiger partial charge is 0.313 e. The van der Waals surface area contributed by atoms with Crippen molar-refractivity contribution in [3.8, 4) is 0 Å². The maximum atomic E-state index is 3.70. The van der Waals surface area contributed by atoms with Crippen LogP contribution in [0.5, 0.6) is 0 Å². The van der Waals surface area contributed by atoms with Crippen molar-refractivity contribution in [2.75, 3.05) is 19.6 Å². The molecule has 0 aromatic carbocycles. The van der Waals surface area contributed by atoms with Gasteiger partial charge in [-0.25, -0.2) is 0 Å². The average Bonchev–Trinajstić information content (AvgIpc) is 2.83. The van der Waals surface area contributed by atoms with Crippen LogP contribution in [0.25, 0.3) is 0 Å². The molecule has 1 heterocycles. The summed E-state index contributed by atoms with van der Waals surface area (Å²) in [6.45, 7) is 10.9. The SMILES string of the molecule is CCCC1CCCC(N(CC(C)C)CC2CCCN2)CC1. The van der Waals surface area contributed by atoms with E-state index in [1.54, 1.807) is 0 Å². The monoisotopic (exact) mass is 294 g/mol. The highest BCUT2D eigenvalue weighted by Crippen LogP contribution is 2.29. The number of hydrogen-bond acceptors (Lipinski definition) is 2. The van der Waals surface area contributed by atoms with E-state index in [0.717, 1.165) is 23.9 Å². The quantitative estimate of drug-likeness (QED) is 0.698. The molecule has 2 rings (SSSR count). The topological polar surface area (TPSA) is 15.3 Å².